The Morgan fingerprint density at radius 3 is 2.63 bits per heavy atom. The van der Waals surface area contributed by atoms with E-state index >= 15 is 0 Å². The van der Waals surface area contributed by atoms with Crippen molar-refractivity contribution in [2.24, 2.45) is 5.41 Å². The van der Waals surface area contributed by atoms with Gasteiger partial charge in [-0.05, 0) is 29.9 Å². The molecule has 0 fully saturated rings. The lowest BCUT2D eigenvalue weighted by Crippen LogP contribution is -2.37. The highest BCUT2D eigenvalue weighted by atomic mass is 16.3. The zero-order valence-electron chi connectivity index (χ0n) is 12.0. The van der Waals surface area contributed by atoms with E-state index in [4.69, 9.17) is 5.11 Å². The Morgan fingerprint density at radius 1 is 1.32 bits per heavy atom. The molecule has 0 spiro atoms. The van der Waals surface area contributed by atoms with Crippen LogP contribution in [0.3, 0.4) is 0 Å². The molecule has 2 amide bonds. The Bertz CT molecular complexity index is 416. The van der Waals surface area contributed by atoms with E-state index in [0.717, 1.165) is 17.7 Å². The molecule has 1 rings (SSSR count). The first kappa shape index (κ1) is 15.5. The van der Waals surface area contributed by atoms with Gasteiger partial charge in [-0.15, -0.1) is 0 Å². The topological polar surface area (TPSA) is 61.4 Å². The van der Waals surface area contributed by atoms with E-state index < -0.39 is 0 Å². The summed E-state index contributed by atoms with van der Waals surface area (Å²) in [6.07, 6.45) is 1.55. The molecule has 3 N–H and O–H groups in total. The number of benzene rings is 1. The number of hydrogen-bond acceptors (Lipinski definition) is 2. The summed E-state index contributed by atoms with van der Waals surface area (Å²) in [7, 11) is 0. The van der Waals surface area contributed by atoms with Gasteiger partial charge in [-0.1, -0.05) is 39.0 Å². The van der Waals surface area contributed by atoms with E-state index in [2.05, 4.69) is 17.6 Å². The van der Waals surface area contributed by atoms with Gasteiger partial charge in [0.1, 0.15) is 0 Å². The summed E-state index contributed by atoms with van der Waals surface area (Å²) in [6.45, 7) is 6.76. The predicted octanol–water partition coefficient (Wildman–Crippen LogP) is 2.78. The number of rotatable bonds is 6. The number of carbonyl (C=O) groups excluding carboxylic acids is 1. The molecule has 4 heteroatoms. The van der Waals surface area contributed by atoms with Crippen molar-refractivity contribution in [1.29, 1.82) is 0 Å². The van der Waals surface area contributed by atoms with Gasteiger partial charge < -0.3 is 15.7 Å². The van der Waals surface area contributed by atoms with Gasteiger partial charge >= 0.3 is 6.03 Å². The van der Waals surface area contributed by atoms with E-state index in [1.807, 2.05) is 38.1 Å². The van der Waals surface area contributed by atoms with Gasteiger partial charge in [-0.3, -0.25) is 0 Å². The third-order valence-electron chi connectivity index (χ3n) is 3.16. The number of para-hydroxylation sites is 1. The van der Waals surface area contributed by atoms with Gasteiger partial charge in [-0.25, -0.2) is 4.79 Å². The average molecular weight is 264 g/mol. The molecular formula is C15H24N2O2. The Hall–Kier alpha value is -1.55. The van der Waals surface area contributed by atoms with Gasteiger partial charge in [0.2, 0.25) is 0 Å². The summed E-state index contributed by atoms with van der Waals surface area (Å²) < 4.78 is 0. The van der Waals surface area contributed by atoms with Crippen molar-refractivity contribution in [3.05, 3.63) is 29.8 Å². The first-order chi connectivity index (χ1) is 8.98. The SMILES string of the molecule is CCc1ccccc1NC(=O)NCC(C)(C)CCO. The number of aryl methyl sites for hydroxylation is 1. The number of aliphatic hydroxyl groups excluding tert-OH is 1. The average Bonchev–Trinajstić information content (AvgIpc) is 2.37. The van der Waals surface area contributed by atoms with Crippen molar-refractivity contribution in [1.82, 2.24) is 5.32 Å². The third-order valence-corrected chi connectivity index (χ3v) is 3.16. The lowest BCUT2D eigenvalue weighted by Gasteiger charge is -2.24. The molecule has 0 saturated heterocycles. The fraction of sp³-hybridized carbons (Fsp3) is 0.533. The fourth-order valence-corrected chi connectivity index (χ4v) is 1.83. The van der Waals surface area contributed by atoms with E-state index in [9.17, 15) is 4.79 Å². The van der Waals surface area contributed by atoms with Crippen LogP contribution in [0.4, 0.5) is 10.5 Å². The maximum absolute atomic E-state index is 11.8. The van der Waals surface area contributed by atoms with Gasteiger partial charge in [-0.2, -0.15) is 0 Å². The number of amides is 2. The van der Waals surface area contributed by atoms with E-state index in [1.54, 1.807) is 0 Å². The predicted molar refractivity (Wildman–Crippen MR) is 78.3 cm³/mol. The molecule has 0 aliphatic carbocycles. The second-order valence-corrected chi connectivity index (χ2v) is 5.46. The largest absolute Gasteiger partial charge is 0.396 e. The van der Waals surface area contributed by atoms with Crippen LogP contribution in [0.1, 0.15) is 32.8 Å². The second kappa shape index (κ2) is 7.14. The number of urea groups is 1. The fourth-order valence-electron chi connectivity index (χ4n) is 1.83. The standard InChI is InChI=1S/C15H24N2O2/c1-4-12-7-5-6-8-13(12)17-14(19)16-11-15(2,3)9-10-18/h5-8,18H,4,9-11H2,1-3H3,(H2,16,17,19). The van der Waals surface area contributed by atoms with Crippen molar-refractivity contribution in [3.8, 4) is 0 Å². The Balaban J connectivity index is 2.52. The van der Waals surface area contributed by atoms with Crippen LogP contribution < -0.4 is 10.6 Å². The quantitative estimate of drug-likeness (QED) is 0.740. The van der Waals surface area contributed by atoms with Crippen LogP contribution in [0.5, 0.6) is 0 Å². The highest BCUT2D eigenvalue weighted by Gasteiger charge is 2.18. The smallest absolute Gasteiger partial charge is 0.319 e. The van der Waals surface area contributed by atoms with Crippen molar-refractivity contribution >= 4 is 11.7 Å². The minimum atomic E-state index is -0.202. The van der Waals surface area contributed by atoms with Crippen LogP contribution in [-0.2, 0) is 6.42 Å². The van der Waals surface area contributed by atoms with Crippen molar-refractivity contribution in [3.63, 3.8) is 0 Å². The number of hydrogen-bond donors (Lipinski definition) is 3. The summed E-state index contributed by atoms with van der Waals surface area (Å²) in [5.41, 5.74) is 1.87. The summed E-state index contributed by atoms with van der Waals surface area (Å²) in [6, 6.07) is 7.58. The van der Waals surface area contributed by atoms with Gasteiger partial charge in [0.05, 0.1) is 0 Å². The monoisotopic (exact) mass is 264 g/mol. The summed E-state index contributed by atoms with van der Waals surface area (Å²) >= 11 is 0. The number of aliphatic hydroxyl groups is 1. The summed E-state index contributed by atoms with van der Waals surface area (Å²) in [5, 5.41) is 14.7. The van der Waals surface area contributed by atoms with Crippen molar-refractivity contribution in [2.45, 2.75) is 33.6 Å². The minimum Gasteiger partial charge on any atom is -0.396 e. The Kier molecular flexibility index (Phi) is 5.83. The lowest BCUT2D eigenvalue weighted by atomic mass is 9.90. The molecule has 0 aliphatic heterocycles. The molecule has 0 aliphatic rings. The van der Waals surface area contributed by atoms with Crippen LogP contribution in [0.25, 0.3) is 0 Å². The van der Waals surface area contributed by atoms with Crippen molar-refractivity contribution < 1.29 is 9.90 Å². The molecule has 0 aromatic heterocycles. The molecule has 0 heterocycles. The van der Waals surface area contributed by atoms with E-state index in [-0.39, 0.29) is 18.1 Å². The normalized spacial score (nSPS) is 11.2. The number of carbonyl (C=O) groups is 1. The molecular weight excluding hydrogens is 240 g/mol. The van der Waals surface area contributed by atoms with E-state index in [1.165, 1.54) is 0 Å². The zero-order valence-corrected chi connectivity index (χ0v) is 12.0. The Morgan fingerprint density at radius 2 is 2.00 bits per heavy atom. The van der Waals surface area contributed by atoms with E-state index in [0.29, 0.717) is 13.0 Å². The first-order valence-electron chi connectivity index (χ1n) is 6.72. The maximum atomic E-state index is 11.8. The highest BCUT2D eigenvalue weighted by Crippen LogP contribution is 2.18. The molecule has 1 aromatic carbocycles. The summed E-state index contributed by atoms with van der Waals surface area (Å²) in [5.74, 6) is 0. The summed E-state index contributed by atoms with van der Waals surface area (Å²) in [4.78, 5) is 11.8. The second-order valence-electron chi connectivity index (χ2n) is 5.46. The van der Waals surface area contributed by atoms with Crippen LogP contribution in [0, 0.1) is 5.41 Å². The van der Waals surface area contributed by atoms with Crippen LogP contribution in [-0.4, -0.2) is 24.3 Å². The third kappa shape index (κ3) is 5.30. The molecule has 0 bridgehead atoms. The van der Waals surface area contributed by atoms with Gasteiger partial charge in [0, 0.05) is 18.8 Å². The molecule has 19 heavy (non-hydrogen) atoms. The zero-order chi connectivity index (χ0) is 14.3. The molecule has 0 radical (unpaired) electrons. The number of nitrogens with one attached hydrogen (secondary N) is 2. The lowest BCUT2D eigenvalue weighted by molar-refractivity contribution is 0.204. The molecule has 0 saturated carbocycles. The van der Waals surface area contributed by atoms with Crippen LogP contribution >= 0.6 is 0 Å². The highest BCUT2D eigenvalue weighted by molar-refractivity contribution is 5.90. The molecule has 0 atom stereocenters. The van der Waals surface area contributed by atoms with Crippen LogP contribution in [0.15, 0.2) is 24.3 Å². The number of anilines is 1. The molecule has 4 nitrogen and oxygen atoms in total. The maximum Gasteiger partial charge on any atom is 0.319 e. The molecule has 106 valence electrons. The van der Waals surface area contributed by atoms with Crippen LogP contribution in [0.2, 0.25) is 0 Å². The van der Waals surface area contributed by atoms with Crippen molar-refractivity contribution in [2.75, 3.05) is 18.5 Å². The molecule has 1 aromatic rings. The first-order valence-corrected chi connectivity index (χ1v) is 6.72. The molecule has 0 unspecified atom stereocenters. The van der Waals surface area contributed by atoms with Gasteiger partial charge in [0.15, 0.2) is 0 Å². The van der Waals surface area contributed by atoms with Gasteiger partial charge in [0.25, 0.3) is 0 Å². The Labute approximate surface area is 115 Å². The minimum absolute atomic E-state index is 0.101.